The first kappa shape index (κ1) is 13.0. The van der Waals surface area contributed by atoms with Gasteiger partial charge in [0.25, 0.3) is 0 Å². The SMILES string of the molecule is CC(C)C(C)NC(=O)[C@@H]1CC[C@H](C(=O)O)C1. The molecule has 0 aromatic heterocycles. The van der Waals surface area contributed by atoms with E-state index in [4.69, 9.17) is 5.11 Å². The summed E-state index contributed by atoms with van der Waals surface area (Å²) in [6.07, 6.45) is 1.82. The Kier molecular flexibility index (Phi) is 4.33. The Morgan fingerprint density at radius 2 is 1.75 bits per heavy atom. The van der Waals surface area contributed by atoms with E-state index >= 15 is 0 Å². The Morgan fingerprint density at radius 3 is 2.19 bits per heavy atom. The molecule has 3 atom stereocenters. The highest BCUT2D eigenvalue weighted by Gasteiger charge is 2.34. The summed E-state index contributed by atoms with van der Waals surface area (Å²) in [7, 11) is 0. The molecule has 1 rings (SSSR count). The van der Waals surface area contributed by atoms with Crippen molar-refractivity contribution in [2.45, 2.75) is 46.1 Å². The molecule has 16 heavy (non-hydrogen) atoms. The van der Waals surface area contributed by atoms with Gasteiger partial charge in [-0.3, -0.25) is 9.59 Å². The average Bonchev–Trinajstić information content (AvgIpc) is 2.65. The highest BCUT2D eigenvalue weighted by Crippen LogP contribution is 2.31. The van der Waals surface area contributed by atoms with E-state index in [2.05, 4.69) is 19.2 Å². The second-order valence-electron chi connectivity index (χ2n) is 5.09. The highest BCUT2D eigenvalue weighted by molar-refractivity contribution is 5.81. The van der Waals surface area contributed by atoms with Crippen molar-refractivity contribution in [1.82, 2.24) is 5.32 Å². The van der Waals surface area contributed by atoms with Crippen molar-refractivity contribution >= 4 is 11.9 Å². The Hall–Kier alpha value is -1.06. The molecule has 0 aromatic carbocycles. The summed E-state index contributed by atoms with van der Waals surface area (Å²) in [6.45, 7) is 6.09. The minimum Gasteiger partial charge on any atom is -0.481 e. The zero-order valence-corrected chi connectivity index (χ0v) is 10.2. The van der Waals surface area contributed by atoms with Gasteiger partial charge in [-0.15, -0.1) is 0 Å². The van der Waals surface area contributed by atoms with Gasteiger partial charge in [0.1, 0.15) is 0 Å². The number of aliphatic carboxylic acids is 1. The number of carboxylic acids is 1. The number of carboxylic acid groups (broad SMARTS) is 1. The predicted octanol–water partition coefficient (Wildman–Crippen LogP) is 1.65. The van der Waals surface area contributed by atoms with Gasteiger partial charge < -0.3 is 10.4 Å². The molecular formula is C12H21NO3. The summed E-state index contributed by atoms with van der Waals surface area (Å²) in [5.74, 6) is -0.787. The smallest absolute Gasteiger partial charge is 0.306 e. The summed E-state index contributed by atoms with van der Waals surface area (Å²) in [6, 6.07) is 0.149. The van der Waals surface area contributed by atoms with Gasteiger partial charge in [-0.05, 0) is 32.1 Å². The lowest BCUT2D eigenvalue weighted by atomic mass is 10.0. The first-order valence-corrected chi connectivity index (χ1v) is 5.95. The van der Waals surface area contributed by atoms with Crippen molar-refractivity contribution < 1.29 is 14.7 Å². The van der Waals surface area contributed by atoms with Crippen molar-refractivity contribution in [3.8, 4) is 0 Å². The van der Waals surface area contributed by atoms with Crippen LogP contribution >= 0.6 is 0 Å². The Morgan fingerprint density at radius 1 is 1.19 bits per heavy atom. The van der Waals surface area contributed by atoms with Crippen LogP contribution in [0.25, 0.3) is 0 Å². The predicted molar refractivity (Wildman–Crippen MR) is 60.9 cm³/mol. The highest BCUT2D eigenvalue weighted by atomic mass is 16.4. The van der Waals surface area contributed by atoms with Gasteiger partial charge in [0.2, 0.25) is 5.91 Å². The number of hydrogen-bond donors (Lipinski definition) is 2. The fourth-order valence-corrected chi connectivity index (χ4v) is 1.95. The third-order valence-corrected chi connectivity index (χ3v) is 3.52. The zero-order chi connectivity index (χ0) is 12.3. The minimum atomic E-state index is -0.771. The lowest BCUT2D eigenvalue weighted by Gasteiger charge is -2.19. The number of nitrogens with one attached hydrogen (secondary N) is 1. The molecule has 92 valence electrons. The van der Waals surface area contributed by atoms with Crippen LogP contribution in [-0.4, -0.2) is 23.0 Å². The summed E-state index contributed by atoms with van der Waals surface area (Å²) < 4.78 is 0. The van der Waals surface area contributed by atoms with Crippen LogP contribution in [0.2, 0.25) is 0 Å². The number of hydrogen-bond acceptors (Lipinski definition) is 2. The van der Waals surface area contributed by atoms with Crippen LogP contribution < -0.4 is 5.32 Å². The number of carbonyl (C=O) groups is 2. The van der Waals surface area contributed by atoms with Gasteiger partial charge in [-0.25, -0.2) is 0 Å². The lowest BCUT2D eigenvalue weighted by Crippen LogP contribution is -2.39. The molecule has 4 nitrogen and oxygen atoms in total. The van der Waals surface area contributed by atoms with Crippen LogP contribution in [0, 0.1) is 17.8 Å². The first-order chi connectivity index (χ1) is 7.41. The van der Waals surface area contributed by atoms with Gasteiger partial charge in [0, 0.05) is 12.0 Å². The van der Waals surface area contributed by atoms with Crippen LogP contribution in [-0.2, 0) is 9.59 Å². The van der Waals surface area contributed by atoms with E-state index in [0.717, 1.165) is 0 Å². The molecule has 1 unspecified atom stereocenters. The number of amides is 1. The number of rotatable bonds is 4. The molecule has 1 aliphatic rings. The van der Waals surface area contributed by atoms with Crippen LogP contribution in [0.1, 0.15) is 40.0 Å². The van der Waals surface area contributed by atoms with E-state index in [0.29, 0.717) is 25.2 Å². The Balaban J connectivity index is 2.42. The molecule has 1 fully saturated rings. The molecule has 4 heteroatoms. The first-order valence-electron chi connectivity index (χ1n) is 5.95. The molecule has 0 spiro atoms. The van der Waals surface area contributed by atoms with Gasteiger partial charge in [0.05, 0.1) is 5.92 Å². The monoisotopic (exact) mass is 227 g/mol. The second kappa shape index (κ2) is 5.32. The molecule has 1 saturated carbocycles. The summed E-state index contributed by atoms with van der Waals surface area (Å²) in [5, 5.41) is 11.8. The van der Waals surface area contributed by atoms with E-state index in [9.17, 15) is 9.59 Å². The lowest BCUT2D eigenvalue weighted by molar-refractivity contribution is -0.141. The number of carbonyl (C=O) groups excluding carboxylic acids is 1. The average molecular weight is 227 g/mol. The van der Waals surface area contributed by atoms with Gasteiger partial charge >= 0.3 is 5.97 Å². The standard InChI is InChI=1S/C12H21NO3/c1-7(2)8(3)13-11(14)9-4-5-10(6-9)12(15)16/h7-10H,4-6H2,1-3H3,(H,13,14)(H,15,16)/t8?,9-,10+/m1/s1. The van der Waals surface area contributed by atoms with Crippen molar-refractivity contribution in [2.24, 2.45) is 17.8 Å². The molecule has 0 aromatic rings. The molecule has 0 aliphatic heterocycles. The normalized spacial score (nSPS) is 26.8. The molecule has 0 radical (unpaired) electrons. The van der Waals surface area contributed by atoms with Crippen LogP contribution in [0.15, 0.2) is 0 Å². The molecular weight excluding hydrogens is 206 g/mol. The van der Waals surface area contributed by atoms with E-state index in [1.807, 2.05) is 6.92 Å². The molecule has 0 bridgehead atoms. The topological polar surface area (TPSA) is 66.4 Å². The van der Waals surface area contributed by atoms with E-state index in [1.165, 1.54) is 0 Å². The van der Waals surface area contributed by atoms with Gasteiger partial charge in [-0.1, -0.05) is 13.8 Å². The van der Waals surface area contributed by atoms with Crippen molar-refractivity contribution in [3.05, 3.63) is 0 Å². The Bertz CT molecular complexity index is 275. The maximum atomic E-state index is 11.8. The third-order valence-electron chi connectivity index (χ3n) is 3.52. The molecule has 1 amide bonds. The van der Waals surface area contributed by atoms with Crippen molar-refractivity contribution in [3.63, 3.8) is 0 Å². The fourth-order valence-electron chi connectivity index (χ4n) is 1.95. The second-order valence-corrected chi connectivity index (χ2v) is 5.09. The fraction of sp³-hybridized carbons (Fsp3) is 0.833. The molecule has 1 aliphatic carbocycles. The Labute approximate surface area is 96.4 Å². The summed E-state index contributed by atoms with van der Waals surface area (Å²) in [5.41, 5.74) is 0. The van der Waals surface area contributed by atoms with Gasteiger partial charge in [-0.2, -0.15) is 0 Å². The molecule has 2 N–H and O–H groups in total. The van der Waals surface area contributed by atoms with Crippen LogP contribution in [0.4, 0.5) is 0 Å². The van der Waals surface area contributed by atoms with Gasteiger partial charge in [0.15, 0.2) is 0 Å². The van der Waals surface area contributed by atoms with E-state index < -0.39 is 5.97 Å². The van der Waals surface area contributed by atoms with Crippen LogP contribution in [0.5, 0.6) is 0 Å². The summed E-state index contributed by atoms with van der Waals surface area (Å²) in [4.78, 5) is 22.6. The zero-order valence-electron chi connectivity index (χ0n) is 10.2. The molecule has 0 saturated heterocycles. The van der Waals surface area contributed by atoms with Crippen molar-refractivity contribution in [2.75, 3.05) is 0 Å². The quantitative estimate of drug-likeness (QED) is 0.767. The minimum absolute atomic E-state index is 0.0185. The van der Waals surface area contributed by atoms with Crippen LogP contribution in [0.3, 0.4) is 0 Å². The van der Waals surface area contributed by atoms with E-state index in [-0.39, 0.29) is 23.8 Å². The maximum Gasteiger partial charge on any atom is 0.306 e. The molecule has 0 heterocycles. The third kappa shape index (κ3) is 3.22. The van der Waals surface area contributed by atoms with E-state index in [1.54, 1.807) is 0 Å². The van der Waals surface area contributed by atoms with Crippen molar-refractivity contribution in [1.29, 1.82) is 0 Å². The maximum absolute atomic E-state index is 11.8. The largest absolute Gasteiger partial charge is 0.481 e. The summed E-state index contributed by atoms with van der Waals surface area (Å²) >= 11 is 0.